The molecule has 0 bridgehead atoms. The van der Waals surface area contributed by atoms with Crippen LogP contribution < -0.4 is 10.1 Å². The lowest BCUT2D eigenvalue weighted by Gasteiger charge is -2.16. The number of carbonyl (C=O) groups excluding carboxylic acids is 2. The summed E-state index contributed by atoms with van der Waals surface area (Å²) < 4.78 is 16.0. The standard InChI is InChI=1S/C22H22ClNO5/c1-12-5-6-16-15(11-28-19(16)7-12)9-21(25)29-14(3)22(26)24-18-8-13(2)17(23)10-20(18)27-4/h5-8,10-11,14H,9H2,1-4H3,(H,24,26)/t14-/m1/s1. The maximum Gasteiger partial charge on any atom is 0.311 e. The number of nitrogens with one attached hydrogen (secondary N) is 1. The molecule has 0 saturated heterocycles. The molecule has 0 aliphatic heterocycles. The lowest BCUT2D eigenvalue weighted by Crippen LogP contribution is -2.30. The largest absolute Gasteiger partial charge is 0.495 e. The summed E-state index contributed by atoms with van der Waals surface area (Å²) in [4.78, 5) is 24.8. The van der Waals surface area contributed by atoms with Gasteiger partial charge in [0.05, 0.1) is 25.5 Å². The van der Waals surface area contributed by atoms with Crippen molar-refractivity contribution in [2.45, 2.75) is 33.3 Å². The van der Waals surface area contributed by atoms with E-state index in [-0.39, 0.29) is 6.42 Å². The third kappa shape index (κ3) is 4.71. The predicted molar refractivity (Wildman–Crippen MR) is 112 cm³/mol. The first-order valence-corrected chi connectivity index (χ1v) is 9.47. The fourth-order valence-electron chi connectivity index (χ4n) is 2.94. The molecule has 1 aromatic heterocycles. The summed E-state index contributed by atoms with van der Waals surface area (Å²) in [6.45, 7) is 5.30. The van der Waals surface area contributed by atoms with Crippen LogP contribution in [0.4, 0.5) is 5.69 Å². The van der Waals surface area contributed by atoms with Gasteiger partial charge >= 0.3 is 5.97 Å². The third-order valence-electron chi connectivity index (χ3n) is 4.56. The Morgan fingerprint density at radius 2 is 1.97 bits per heavy atom. The lowest BCUT2D eigenvalue weighted by atomic mass is 10.1. The van der Waals surface area contributed by atoms with Crippen molar-refractivity contribution in [3.05, 3.63) is 58.3 Å². The van der Waals surface area contributed by atoms with E-state index in [2.05, 4.69) is 5.32 Å². The van der Waals surface area contributed by atoms with Crippen molar-refractivity contribution in [1.29, 1.82) is 0 Å². The zero-order valence-electron chi connectivity index (χ0n) is 16.7. The molecule has 3 aromatic rings. The number of hydrogen-bond acceptors (Lipinski definition) is 5. The molecule has 29 heavy (non-hydrogen) atoms. The van der Waals surface area contributed by atoms with Gasteiger partial charge in [-0.25, -0.2) is 0 Å². The number of furan rings is 1. The second-order valence-corrected chi connectivity index (χ2v) is 7.27. The smallest absolute Gasteiger partial charge is 0.311 e. The molecule has 7 heteroatoms. The molecule has 1 atom stereocenters. The number of fused-ring (bicyclic) bond motifs is 1. The molecule has 1 heterocycles. The van der Waals surface area contributed by atoms with Crippen molar-refractivity contribution in [2.75, 3.05) is 12.4 Å². The minimum Gasteiger partial charge on any atom is -0.495 e. The quantitative estimate of drug-likeness (QED) is 0.584. The lowest BCUT2D eigenvalue weighted by molar-refractivity contribution is -0.152. The Labute approximate surface area is 173 Å². The Bertz CT molecular complexity index is 1070. The van der Waals surface area contributed by atoms with E-state index < -0.39 is 18.0 Å². The maximum atomic E-state index is 12.5. The normalized spacial score (nSPS) is 11.9. The Kier molecular flexibility index (Phi) is 6.13. The van der Waals surface area contributed by atoms with E-state index in [4.69, 9.17) is 25.5 Å². The van der Waals surface area contributed by atoms with Gasteiger partial charge in [-0.1, -0.05) is 23.7 Å². The van der Waals surface area contributed by atoms with Crippen LogP contribution in [-0.4, -0.2) is 25.1 Å². The van der Waals surface area contributed by atoms with Crippen LogP contribution in [0.15, 0.2) is 41.0 Å². The van der Waals surface area contributed by atoms with Crippen LogP contribution in [0.2, 0.25) is 5.02 Å². The van der Waals surface area contributed by atoms with Crippen molar-refractivity contribution >= 4 is 40.1 Å². The van der Waals surface area contributed by atoms with E-state index in [1.165, 1.54) is 20.3 Å². The highest BCUT2D eigenvalue weighted by Gasteiger charge is 2.21. The third-order valence-corrected chi connectivity index (χ3v) is 4.97. The van der Waals surface area contributed by atoms with Crippen molar-refractivity contribution in [3.63, 3.8) is 0 Å². The number of carbonyl (C=O) groups is 2. The van der Waals surface area contributed by atoms with Crippen LogP contribution in [0.1, 0.15) is 23.6 Å². The predicted octanol–water partition coefficient (Wildman–Crippen LogP) is 4.82. The average molecular weight is 416 g/mol. The van der Waals surface area contributed by atoms with Crippen molar-refractivity contribution in [1.82, 2.24) is 0 Å². The highest BCUT2D eigenvalue weighted by Crippen LogP contribution is 2.31. The SMILES string of the molecule is COc1cc(Cl)c(C)cc1NC(=O)[C@@H](C)OC(=O)Cc1coc2cc(C)ccc12. The summed E-state index contributed by atoms with van der Waals surface area (Å²) in [7, 11) is 1.48. The molecular weight excluding hydrogens is 394 g/mol. The summed E-state index contributed by atoms with van der Waals surface area (Å²) in [5, 5.41) is 4.09. The second kappa shape index (κ2) is 8.57. The molecule has 6 nitrogen and oxygen atoms in total. The number of benzene rings is 2. The van der Waals surface area contributed by atoms with Gasteiger partial charge in [0.25, 0.3) is 5.91 Å². The Morgan fingerprint density at radius 3 is 2.69 bits per heavy atom. The Balaban J connectivity index is 1.65. The maximum absolute atomic E-state index is 12.5. The molecule has 0 spiro atoms. The molecule has 0 fully saturated rings. The van der Waals surface area contributed by atoms with Gasteiger partial charge in [-0.05, 0) is 44.0 Å². The highest BCUT2D eigenvalue weighted by molar-refractivity contribution is 6.31. The molecule has 0 radical (unpaired) electrons. The fourth-order valence-corrected chi connectivity index (χ4v) is 3.09. The van der Waals surface area contributed by atoms with Gasteiger partial charge in [-0.3, -0.25) is 9.59 Å². The van der Waals surface area contributed by atoms with Gasteiger partial charge in [0, 0.05) is 22.0 Å². The molecule has 152 valence electrons. The number of hydrogen-bond donors (Lipinski definition) is 1. The van der Waals surface area contributed by atoms with Gasteiger partial charge < -0.3 is 19.2 Å². The van der Waals surface area contributed by atoms with E-state index in [0.29, 0.717) is 27.6 Å². The summed E-state index contributed by atoms with van der Waals surface area (Å²) >= 11 is 6.08. The van der Waals surface area contributed by atoms with E-state index >= 15 is 0 Å². The number of amides is 1. The number of aryl methyl sites for hydroxylation is 2. The van der Waals surface area contributed by atoms with Crippen molar-refractivity contribution < 1.29 is 23.5 Å². The van der Waals surface area contributed by atoms with Crippen molar-refractivity contribution in [3.8, 4) is 5.75 Å². The van der Waals surface area contributed by atoms with Gasteiger partial charge in [0.1, 0.15) is 11.3 Å². The monoisotopic (exact) mass is 415 g/mol. The first kappa shape index (κ1) is 20.7. The molecule has 0 aliphatic rings. The number of halogens is 1. The number of esters is 1. The number of methoxy groups -OCH3 is 1. The molecule has 0 saturated carbocycles. The topological polar surface area (TPSA) is 77.8 Å². The fraction of sp³-hybridized carbons (Fsp3) is 0.273. The molecule has 1 amide bonds. The first-order chi connectivity index (χ1) is 13.8. The molecule has 0 aliphatic carbocycles. The van der Waals surface area contributed by atoms with Crippen LogP contribution in [0.25, 0.3) is 11.0 Å². The van der Waals surface area contributed by atoms with Crippen molar-refractivity contribution in [2.24, 2.45) is 0 Å². The number of anilines is 1. The molecule has 3 rings (SSSR count). The van der Waals surface area contributed by atoms with Gasteiger partial charge in [-0.15, -0.1) is 0 Å². The average Bonchev–Trinajstić information content (AvgIpc) is 3.05. The highest BCUT2D eigenvalue weighted by atomic mass is 35.5. The van der Waals surface area contributed by atoms with Crippen LogP contribution in [0.3, 0.4) is 0 Å². The molecule has 2 aromatic carbocycles. The van der Waals surface area contributed by atoms with E-state index in [1.807, 2.05) is 32.0 Å². The molecule has 0 unspecified atom stereocenters. The number of rotatable bonds is 6. The van der Waals surface area contributed by atoms with E-state index in [9.17, 15) is 9.59 Å². The van der Waals surface area contributed by atoms with Gasteiger partial charge in [0.2, 0.25) is 0 Å². The minimum absolute atomic E-state index is 0.0110. The Hall–Kier alpha value is -2.99. The van der Waals surface area contributed by atoms with E-state index in [0.717, 1.165) is 16.5 Å². The van der Waals surface area contributed by atoms with Crippen LogP contribution in [0, 0.1) is 13.8 Å². The zero-order chi connectivity index (χ0) is 21.1. The zero-order valence-corrected chi connectivity index (χ0v) is 17.4. The first-order valence-electron chi connectivity index (χ1n) is 9.09. The van der Waals surface area contributed by atoms with Crippen LogP contribution in [0.5, 0.6) is 5.75 Å². The Morgan fingerprint density at radius 1 is 1.21 bits per heavy atom. The van der Waals surface area contributed by atoms with Gasteiger partial charge in [0.15, 0.2) is 6.10 Å². The molecule has 1 N–H and O–H groups in total. The minimum atomic E-state index is -0.983. The summed E-state index contributed by atoms with van der Waals surface area (Å²) in [6, 6.07) is 9.08. The van der Waals surface area contributed by atoms with Crippen LogP contribution in [-0.2, 0) is 20.7 Å². The second-order valence-electron chi connectivity index (χ2n) is 6.86. The van der Waals surface area contributed by atoms with Gasteiger partial charge in [-0.2, -0.15) is 0 Å². The van der Waals surface area contributed by atoms with E-state index in [1.54, 1.807) is 12.1 Å². The number of ether oxygens (including phenoxy) is 2. The molecular formula is C22H22ClNO5. The summed E-state index contributed by atoms with van der Waals surface area (Å²) in [5.41, 5.74) is 3.74. The summed E-state index contributed by atoms with van der Waals surface area (Å²) in [5.74, 6) is -0.561. The van der Waals surface area contributed by atoms with Crippen LogP contribution >= 0.6 is 11.6 Å². The summed E-state index contributed by atoms with van der Waals surface area (Å²) in [6.07, 6.45) is 0.567.